The quantitative estimate of drug-likeness (QED) is 0.150. The van der Waals surface area contributed by atoms with Gasteiger partial charge in [-0.15, -0.1) is 0 Å². The summed E-state index contributed by atoms with van der Waals surface area (Å²) < 4.78 is 44.2. The van der Waals surface area contributed by atoms with Gasteiger partial charge in [0.2, 0.25) is 0 Å². The summed E-state index contributed by atoms with van der Waals surface area (Å²) in [4.78, 5) is 0. The Morgan fingerprint density at radius 3 is 2.28 bits per heavy atom. The third kappa shape index (κ3) is 10.1. The molecule has 7 atom stereocenters. The molecule has 0 aliphatic carbocycles. The lowest BCUT2D eigenvalue weighted by molar-refractivity contribution is -0.294. The van der Waals surface area contributed by atoms with Crippen molar-refractivity contribution in [3.05, 3.63) is 71.8 Å². The van der Waals surface area contributed by atoms with Crippen molar-refractivity contribution in [2.45, 2.75) is 140 Å². The molecular weight excluding hydrogens is 584 g/mol. The first kappa shape index (κ1) is 35.4. The van der Waals surface area contributed by atoms with E-state index >= 15 is 0 Å². The summed E-state index contributed by atoms with van der Waals surface area (Å²) >= 11 is 0. The van der Waals surface area contributed by atoms with Crippen LogP contribution in [0.1, 0.15) is 89.7 Å². The van der Waals surface area contributed by atoms with Crippen LogP contribution in [0.3, 0.4) is 0 Å². The van der Waals surface area contributed by atoms with E-state index < -0.39 is 11.2 Å². The standard InChI is InChI=1S/C38H56O8/c1-4-41-35(42-5-2)19-12-20-38(39)22-21-37(3)34(44-28-38)25-33-36(46-37)32(43-27-30-16-10-7-11-17-30)24-31(45-33)18-13-23-40-26-29-14-8-6-9-15-29/h6-11,14-17,31-36,39H,4-5,12-13,18-28H2,1-3H3/t31-,32+,33-,34+,36+,37-,38?/m1/s1. The van der Waals surface area contributed by atoms with Crippen molar-refractivity contribution in [1.82, 2.24) is 0 Å². The highest BCUT2D eigenvalue weighted by Gasteiger charge is 2.54. The van der Waals surface area contributed by atoms with Crippen molar-refractivity contribution in [2.24, 2.45) is 0 Å². The van der Waals surface area contributed by atoms with Crippen molar-refractivity contribution in [3.8, 4) is 0 Å². The van der Waals surface area contributed by atoms with Crippen LogP contribution >= 0.6 is 0 Å². The van der Waals surface area contributed by atoms with Gasteiger partial charge in [0, 0.05) is 32.7 Å². The van der Waals surface area contributed by atoms with Gasteiger partial charge in [0.15, 0.2) is 6.29 Å². The lowest BCUT2D eigenvalue weighted by Gasteiger charge is -2.52. The van der Waals surface area contributed by atoms with Crippen LogP contribution in [0.15, 0.2) is 60.7 Å². The molecule has 1 unspecified atom stereocenters. The molecule has 5 rings (SSSR count). The minimum atomic E-state index is -0.912. The van der Waals surface area contributed by atoms with Crippen LogP contribution in [0.4, 0.5) is 0 Å². The first-order chi connectivity index (χ1) is 22.4. The minimum Gasteiger partial charge on any atom is -0.387 e. The molecule has 0 amide bonds. The average molecular weight is 641 g/mol. The van der Waals surface area contributed by atoms with Gasteiger partial charge in [-0.1, -0.05) is 60.7 Å². The second-order valence-electron chi connectivity index (χ2n) is 13.4. The Morgan fingerprint density at radius 2 is 1.59 bits per heavy atom. The van der Waals surface area contributed by atoms with Gasteiger partial charge in [0.1, 0.15) is 6.10 Å². The summed E-state index contributed by atoms with van der Waals surface area (Å²) in [6, 6.07) is 20.6. The Bertz CT molecular complexity index is 1130. The number of fused-ring (bicyclic) bond motifs is 2. The number of aliphatic hydroxyl groups is 1. The molecule has 3 heterocycles. The normalized spacial score (nSPS) is 31.3. The van der Waals surface area contributed by atoms with Gasteiger partial charge < -0.3 is 38.3 Å². The summed E-state index contributed by atoms with van der Waals surface area (Å²) in [5.41, 5.74) is 0.895. The third-order valence-electron chi connectivity index (χ3n) is 9.79. The molecule has 8 heteroatoms. The molecule has 0 bridgehead atoms. The first-order valence-electron chi connectivity index (χ1n) is 17.6. The monoisotopic (exact) mass is 640 g/mol. The second-order valence-corrected chi connectivity index (χ2v) is 13.4. The molecule has 0 aromatic heterocycles. The number of benzene rings is 2. The van der Waals surface area contributed by atoms with E-state index in [0.29, 0.717) is 52.3 Å². The predicted octanol–water partition coefficient (Wildman–Crippen LogP) is 6.75. The third-order valence-corrected chi connectivity index (χ3v) is 9.79. The molecule has 0 radical (unpaired) electrons. The van der Waals surface area contributed by atoms with E-state index in [1.807, 2.05) is 50.2 Å². The van der Waals surface area contributed by atoms with Gasteiger partial charge >= 0.3 is 0 Å². The van der Waals surface area contributed by atoms with E-state index in [1.54, 1.807) is 0 Å². The van der Waals surface area contributed by atoms with E-state index in [0.717, 1.165) is 44.1 Å². The molecule has 46 heavy (non-hydrogen) atoms. The molecule has 3 saturated heterocycles. The van der Waals surface area contributed by atoms with Crippen LogP contribution in [0.2, 0.25) is 0 Å². The zero-order valence-electron chi connectivity index (χ0n) is 28.1. The summed E-state index contributed by atoms with van der Waals surface area (Å²) in [7, 11) is 0. The van der Waals surface area contributed by atoms with Crippen molar-refractivity contribution in [3.63, 3.8) is 0 Å². The number of rotatable bonds is 17. The maximum atomic E-state index is 11.6. The van der Waals surface area contributed by atoms with Gasteiger partial charge in [-0.3, -0.25) is 0 Å². The van der Waals surface area contributed by atoms with Crippen LogP contribution in [-0.2, 0) is 46.4 Å². The van der Waals surface area contributed by atoms with Gasteiger partial charge in [-0.05, 0) is 76.8 Å². The lowest BCUT2D eigenvalue weighted by atomic mass is 9.80. The second kappa shape index (κ2) is 17.5. The van der Waals surface area contributed by atoms with Gasteiger partial charge in [-0.2, -0.15) is 0 Å². The van der Waals surface area contributed by atoms with Crippen LogP contribution < -0.4 is 0 Å². The van der Waals surface area contributed by atoms with E-state index in [1.165, 1.54) is 5.56 Å². The molecule has 3 fully saturated rings. The van der Waals surface area contributed by atoms with Gasteiger partial charge in [-0.25, -0.2) is 0 Å². The zero-order chi connectivity index (χ0) is 32.2. The zero-order valence-corrected chi connectivity index (χ0v) is 28.1. The summed E-state index contributed by atoms with van der Waals surface area (Å²) in [6.45, 7) is 9.45. The fourth-order valence-electron chi connectivity index (χ4n) is 7.16. The maximum absolute atomic E-state index is 11.6. The van der Waals surface area contributed by atoms with Crippen LogP contribution in [0, 0.1) is 0 Å². The summed E-state index contributed by atoms with van der Waals surface area (Å²) in [5, 5.41) is 11.6. The fourth-order valence-corrected chi connectivity index (χ4v) is 7.16. The molecule has 1 N–H and O–H groups in total. The molecule has 0 spiro atoms. The predicted molar refractivity (Wildman–Crippen MR) is 176 cm³/mol. The Balaban J connectivity index is 1.19. The van der Waals surface area contributed by atoms with Crippen molar-refractivity contribution in [2.75, 3.05) is 26.4 Å². The molecule has 256 valence electrons. The SMILES string of the molecule is CCOC(CCCC1(O)CC[C@@]2(C)O[C@H]3[C@@H](OCc4ccccc4)C[C@@H](CCCOCc4ccccc4)O[C@@H]3C[C@@H]2OC1)OCC. The smallest absolute Gasteiger partial charge is 0.157 e. The molecule has 3 aliphatic rings. The number of hydrogen-bond acceptors (Lipinski definition) is 8. The number of hydrogen-bond donors (Lipinski definition) is 1. The van der Waals surface area contributed by atoms with Crippen molar-refractivity contribution >= 4 is 0 Å². The lowest BCUT2D eigenvalue weighted by Crippen LogP contribution is -2.62. The molecule has 8 nitrogen and oxygen atoms in total. The number of ether oxygens (including phenoxy) is 7. The fraction of sp³-hybridized carbons (Fsp3) is 0.684. The first-order valence-corrected chi connectivity index (χ1v) is 17.6. The van der Waals surface area contributed by atoms with Crippen LogP contribution in [-0.4, -0.2) is 79.5 Å². The summed E-state index contributed by atoms with van der Waals surface area (Å²) in [6.07, 6.45) is 6.07. The largest absolute Gasteiger partial charge is 0.387 e. The average Bonchev–Trinajstić information content (AvgIpc) is 3.19. The Hall–Kier alpha value is -1.88. The van der Waals surface area contributed by atoms with Crippen LogP contribution in [0.25, 0.3) is 0 Å². The van der Waals surface area contributed by atoms with E-state index in [9.17, 15) is 5.11 Å². The van der Waals surface area contributed by atoms with Crippen LogP contribution in [0.5, 0.6) is 0 Å². The van der Waals surface area contributed by atoms with Gasteiger partial charge in [0.05, 0.1) is 55.4 Å². The maximum Gasteiger partial charge on any atom is 0.157 e. The molecule has 3 aliphatic heterocycles. The summed E-state index contributed by atoms with van der Waals surface area (Å²) in [5.74, 6) is 0. The molecule has 2 aromatic carbocycles. The van der Waals surface area contributed by atoms with E-state index in [4.69, 9.17) is 33.2 Å². The van der Waals surface area contributed by atoms with Crippen molar-refractivity contribution in [1.29, 1.82) is 0 Å². The Kier molecular flexibility index (Phi) is 13.5. The highest BCUT2D eigenvalue weighted by molar-refractivity contribution is 5.14. The minimum absolute atomic E-state index is 0.0571. The highest BCUT2D eigenvalue weighted by atomic mass is 16.7. The molecule has 2 aromatic rings. The van der Waals surface area contributed by atoms with Gasteiger partial charge in [0.25, 0.3) is 0 Å². The topological polar surface area (TPSA) is 84.8 Å². The van der Waals surface area contributed by atoms with E-state index in [-0.39, 0.29) is 43.4 Å². The molecule has 0 saturated carbocycles. The molecular formula is C38H56O8. The Labute approximate surface area is 276 Å². The highest BCUT2D eigenvalue weighted by Crippen LogP contribution is 2.45. The van der Waals surface area contributed by atoms with E-state index in [2.05, 4.69) is 31.2 Å². The van der Waals surface area contributed by atoms with Crippen molar-refractivity contribution < 1.29 is 38.3 Å². The Morgan fingerprint density at radius 1 is 0.891 bits per heavy atom.